The van der Waals surface area contributed by atoms with Crippen molar-refractivity contribution in [2.75, 3.05) is 19.8 Å². The molecule has 0 radical (unpaired) electrons. The van der Waals surface area contributed by atoms with Gasteiger partial charge in [0.05, 0.1) is 0 Å². The van der Waals surface area contributed by atoms with E-state index in [-0.39, 0.29) is 11.1 Å². The molecule has 0 amide bonds. The van der Waals surface area contributed by atoms with Crippen LogP contribution in [0.25, 0.3) is 0 Å². The highest BCUT2D eigenvalue weighted by molar-refractivity contribution is 8.00. The van der Waals surface area contributed by atoms with Gasteiger partial charge in [0, 0.05) is 35.8 Å². The molecule has 1 unspecified atom stereocenters. The Morgan fingerprint density at radius 2 is 2.06 bits per heavy atom. The van der Waals surface area contributed by atoms with Crippen LogP contribution in [0.15, 0.2) is 24.3 Å². The summed E-state index contributed by atoms with van der Waals surface area (Å²) < 4.78 is 19.0. The van der Waals surface area contributed by atoms with E-state index < -0.39 is 0 Å². The molecule has 1 atom stereocenters. The number of rotatable bonds is 4. The average molecular weight is 255 g/mol. The first-order valence-electron chi connectivity index (χ1n) is 5.99. The van der Waals surface area contributed by atoms with E-state index in [0.29, 0.717) is 11.8 Å². The van der Waals surface area contributed by atoms with Crippen molar-refractivity contribution >= 4 is 11.8 Å². The second-order valence-electron chi connectivity index (χ2n) is 4.19. The van der Waals surface area contributed by atoms with Crippen LogP contribution in [0.2, 0.25) is 0 Å². The molecule has 1 aromatic carbocycles. The minimum absolute atomic E-state index is 0.0549. The Morgan fingerprint density at radius 1 is 1.35 bits per heavy atom. The third-order valence-corrected chi connectivity index (χ3v) is 4.62. The molecule has 0 spiro atoms. The molecule has 2 rings (SSSR count). The van der Waals surface area contributed by atoms with Crippen LogP contribution >= 0.6 is 11.8 Å². The topological polar surface area (TPSA) is 35.2 Å². The Balaban J connectivity index is 2.03. The van der Waals surface area contributed by atoms with Gasteiger partial charge in [0.25, 0.3) is 0 Å². The molecular weight excluding hydrogens is 237 g/mol. The Morgan fingerprint density at radius 3 is 2.71 bits per heavy atom. The van der Waals surface area contributed by atoms with Crippen LogP contribution < -0.4 is 5.73 Å². The van der Waals surface area contributed by atoms with Gasteiger partial charge in [-0.3, -0.25) is 0 Å². The van der Waals surface area contributed by atoms with Gasteiger partial charge in [0.1, 0.15) is 5.82 Å². The number of hydrogen-bond acceptors (Lipinski definition) is 3. The van der Waals surface area contributed by atoms with E-state index in [2.05, 4.69) is 0 Å². The zero-order valence-corrected chi connectivity index (χ0v) is 10.6. The molecule has 4 heteroatoms. The summed E-state index contributed by atoms with van der Waals surface area (Å²) in [5, 5.41) is 0.594. The van der Waals surface area contributed by atoms with Crippen molar-refractivity contribution < 1.29 is 9.13 Å². The molecule has 1 aliphatic rings. The van der Waals surface area contributed by atoms with Crippen LogP contribution in [0.4, 0.5) is 4.39 Å². The van der Waals surface area contributed by atoms with Crippen LogP contribution in [0.3, 0.4) is 0 Å². The van der Waals surface area contributed by atoms with E-state index in [0.717, 1.165) is 31.6 Å². The van der Waals surface area contributed by atoms with Crippen LogP contribution in [0, 0.1) is 5.82 Å². The zero-order chi connectivity index (χ0) is 12.1. The zero-order valence-electron chi connectivity index (χ0n) is 9.77. The molecule has 1 heterocycles. The molecule has 0 saturated carbocycles. The molecule has 17 heavy (non-hydrogen) atoms. The highest BCUT2D eigenvalue weighted by Crippen LogP contribution is 2.36. The summed E-state index contributed by atoms with van der Waals surface area (Å²) in [5.74, 6) is -0.150. The van der Waals surface area contributed by atoms with Crippen molar-refractivity contribution in [1.82, 2.24) is 0 Å². The number of thioether (sulfide) groups is 1. The van der Waals surface area contributed by atoms with Gasteiger partial charge < -0.3 is 10.5 Å². The normalized spacial score (nSPS) is 19.2. The molecule has 1 aliphatic heterocycles. The monoisotopic (exact) mass is 255 g/mol. The molecule has 2 nitrogen and oxygen atoms in total. The predicted octanol–water partition coefficient (Wildman–Crippen LogP) is 2.74. The maximum atomic E-state index is 13.7. The van der Waals surface area contributed by atoms with Crippen molar-refractivity contribution in [3.63, 3.8) is 0 Å². The largest absolute Gasteiger partial charge is 0.381 e. The minimum atomic E-state index is -0.150. The summed E-state index contributed by atoms with van der Waals surface area (Å²) in [5.41, 5.74) is 6.50. The number of ether oxygens (including phenoxy) is 1. The fourth-order valence-electron chi connectivity index (χ4n) is 2.04. The Bertz CT molecular complexity index is 355. The van der Waals surface area contributed by atoms with Crippen molar-refractivity contribution in [2.24, 2.45) is 5.73 Å². The quantitative estimate of drug-likeness (QED) is 0.898. The van der Waals surface area contributed by atoms with Crippen molar-refractivity contribution in [3.05, 3.63) is 35.6 Å². The predicted molar refractivity (Wildman–Crippen MR) is 69.6 cm³/mol. The maximum absolute atomic E-state index is 13.7. The van der Waals surface area contributed by atoms with Gasteiger partial charge in [-0.25, -0.2) is 4.39 Å². The van der Waals surface area contributed by atoms with E-state index in [1.807, 2.05) is 12.1 Å². The Hall–Kier alpha value is -0.580. The fourth-order valence-corrected chi connectivity index (χ4v) is 3.41. The summed E-state index contributed by atoms with van der Waals surface area (Å²) in [6.45, 7) is 2.10. The third kappa shape index (κ3) is 3.44. The lowest BCUT2D eigenvalue weighted by Gasteiger charge is -2.26. The number of halogens is 1. The van der Waals surface area contributed by atoms with Crippen LogP contribution in [0.1, 0.15) is 23.7 Å². The van der Waals surface area contributed by atoms with Gasteiger partial charge in [-0.1, -0.05) is 18.2 Å². The first kappa shape index (κ1) is 12.9. The van der Waals surface area contributed by atoms with E-state index in [1.54, 1.807) is 17.8 Å². The lowest BCUT2D eigenvalue weighted by atomic mass is 10.1. The molecule has 1 fully saturated rings. The van der Waals surface area contributed by atoms with Gasteiger partial charge in [-0.2, -0.15) is 0 Å². The second-order valence-corrected chi connectivity index (χ2v) is 5.70. The van der Waals surface area contributed by atoms with E-state index >= 15 is 0 Å². The number of hydrogen-bond donors (Lipinski definition) is 1. The summed E-state index contributed by atoms with van der Waals surface area (Å²) in [4.78, 5) is 0. The van der Waals surface area contributed by atoms with E-state index in [4.69, 9.17) is 10.5 Å². The third-order valence-electron chi connectivity index (χ3n) is 2.99. The lowest BCUT2D eigenvalue weighted by molar-refractivity contribution is 0.0999. The molecular formula is C13H18FNOS. The SMILES string of the molecule is NCC(SC1CCOCC1)c1ccccc1F. The Labute approximate surface area is 106 Å². The van der Waals surface area contributed by atoms with E-state index in [1.165, 1.54) is 6.07 Å². The summed E-state index contributed by atoms with van der Waals surface area (Å²) in [7, 11) is 0. The highest BCUT2D eigenvalue weighted by Gasteiger charge is 2.21. The first-order chi connectivity index (χ1) is 8.31. The molecule has 1 aromatic rings. The van der Waals surface area contributed by atoms with E-state index in [9.17, 15) is 4.39 Å². The summed E-state index contributed by atoms with van der Waals surface area (Å²) >= 11 is 1.79. The standard InChI is InChI=1S/C13H18FNOS/c14-12-4-2-1-3-11(12)13(9-15)17-10-5-7-16-8-6-10/h1-4,10,13H,5-9,15H2. The van der Waals surface area contributed by atoms with Gasteiger partial charge >= 0.3 is 0 Å². The summed E-state index contributed by atoms with van der Waals surface area (Å²) in [6.07, 6.45) is 2.07. The van der Waals surface area contributed by atoms with Crippen LogP contribution in [-0.2, 0) is 4.74 Å². The fraction of sp³-hybridized carbons (Fsp3) is 0.538. The van der Waals surface area contributed by atoms with Gasteiger partial charge in [-0.15, -0.1) is 11.8 Å². The molecule has 2 N–H and O–H groups in total. The molecule has 1 saturated heterocycles. The van der Waals surface area contributed by atoms with Gasteiger partial charge in [0.2, 0.25) is 0 Å². The maximum Gasteiger partial charge on any atom is 0.127 e. The smallest absolute Gasteiger partial charge is 0.127 e. The Kier molecular flexibility index (Phi) is 4.83. The highest BCUT2D eigenvalue weighted by atomic mass is 32.2. The molecule has 94 valence electrons. The number of nitrogens with two attached hydrogens (primary N) is 1. The van der Waals surface area contributed by atoms with Crippen LogP contribution in [-0.4, -0.2) is 25.0 Å². The van der Waals surface area contributed by atoms with Crippen molar-refractivity contribution in [3.8, 4) is 0 Å². The minimum Gasteiger partial charge on any atom is -0.381 e. The molecule has 0 bridgehead atoms. The average Bonchev–Trinajstić information content (AvgIpc) is 2.38. The molecule has 0 aliphatic carbocycles. The van der Waals surface area contributed by atoms with Crippen molar-refractivity contribution in [1.29, 1.82) is 0 Å². The van der Waals surface area contributed by atoms with Crippen molar-refractivity contribution in [2.45, 2.75) is 23.3 Å². The first-order valence-corrected chi connectivity index (χ1v) is 6.93. The van der Waals surface area contributed by atoms with Crippen LogP contribution in [0.5, 0.6) is 0 Å². The number of benzene rings is 1. The molecule has 0 aromatic heterocycles. The van der Waals surface area contributed by atoms with Gasteiger partial charge in [0.15, 0.2) is 0 Å². The second kappa shape index (κ2) is 6.38. The lowest BCUT2D eigenvalue weighted by Crippen LogP contribution is -2.21. The van der Waals surface area contributed by atoms with Gasteiger partial charge in [-0.05, 0) is 18.9 Å². The summed E-state index contributed by atoms with van der Waals surface area (Å²) in [6, 6.07) is 6.92.